The van der Waals surface area contributed by atoms with Gasteiger partial charge >= 0.3 is 0 Å². The van der Waals surface area contributed by atoms with Crippen molar-refractivity contribution in [3.05, 3.63) is 23.5 Å². The van der Waals surface area contributed by atoms with Crippen molar-refractivity contribution in [2.75, 3.05) is 26.0 Å². The normalized spacial score (nSPS) is 18.1. The molecular weight excluding hydrogens is 304 g/mol. The number of benzene rings is 1. The maximum Gasteiger partial charge on any atom is 0.212 e. The summed E-state index contributed by atoms with van der Waals surface area (Å²) in [5, 5.41) is 2.94. The highest BCUT2D eigenvalue weighted by Gasteiger charge is 2.25. The first-order chi connectivity index (χ1) is 9.91. The van der Waals surface area contributed by atoms with Gasteiger partial charge in [-0.05, 0) is 25.1 Å². The SMILES string of the molecule is CS(=O)(=O)c1cc(F)c2c(c1)OC(CNCCCF)OC2. The smallest absolute Gasteiger partial charge is 0.212 e. The third kappa shape index (κ3) is 4.12. The number of rotatable bonds is 6. The minimum absolute atomic E-state index is 0.000661. The van der Waals surface area contributed by atoms with Gasteiger partial charge in [0.05, 0.1) is 30.3 Å². The molecule has 0 spiro atoms. The summed E-state index contributed by atoms with van der Waals surface area (Å²) in [6, 6.07) is 2.26. The summed E-state index contributed by atoms with van der Waals surface area (Å²) in [5.41, 5.74) is 0.197. The van der Waals surface area contributed by atoms with Crippen LogP contribution in [0.1, 0.15) is 12.0 Å². The van der Waals surface area contributed by atoms with Crippen molar-refractivity contribution in [3.8, 4) is 5.75 Å². The van der Waals surface area contributed by atoms with Gasteiger partial charge in [0.2, 0.25) is 6.29 Å². The molecule has 8 heteroatoms. The monoisotopic (exact) mass is 321 g/mol. The molecule has 0 amide bonds. The fraction of sp³-hybridized carbons (Fsp3) is 0.538. The highest BCUT2D eigenvalue weighted by molar-refractivity contribution is 7.90. The zero-order valence-corrected chi connectivity index (χ0v) is 12.4. The molecule has 118 valence electrons. The molecule has 1 aromatic carbocycles. The lowest BCUT2D eigenvalue weighted by atomic mass is 10.2. The van der Waals surface area contributed by atoms with Crippen molar-refractivity contribution in [3.63, 3.8) is 0 Å². The second-order valence-electron chi connectivity index (χ2n) is 4.76. The van der Waals surface area contributed by atoms with Gasteiger partial charge in [-0.2, -0.15) is 0 Å². The van der Waals surface area contributed by atoms with Crippen LogP contribution in [0.2, 0.25) is 0 Å². The van der Waals surface area contributed by atoms with Crippen LogP contribution in [0.5, 0.6) is 5.75 Å². The van der Waals surface area contributed by atoms with E-state index in [1.54, 1.807) is 0 Å². The van der Waals surface area contributed by atoms with Crippen LogP contribution in [0.25, 0.3) is 0 Å². The zero-order chi connectivity index (χ0) is 15.5. The summed E-state index contributed by atoms with van der Waals surface area (Å²) in [7, 11) is -3.52. The molecule has 0 radical (unpaired) electrons. The standard InChI is InChI=1S/C13H17F2NO4S/c1-21(17,18)9-5-11(15)10-8-19-13(20-12(10)6-9)7-16-4-2-3-14/h5-6,13,16H,2-4,7-8H2,1H3. The number of ether oxygens (including phenoxy) is 2. The Kier molecular flexibility index (Phi) is 5.13. The first-order valence-electron chi connectivity index (χ1n) is 6.49. The molecular formula is C13H17F2NO4S. The van der Waals surface area contributed by atoms with E-state index >= 15 is 0 Å². The molecule has 1 aromatic rings. The fourth-order valence-electron chi connectivity index (χ4n) is 1.91. The summed E-state index contributed by atoms with van der Waals surface area (Å²) < 4.78 is 59.6. The molecule has 1 atom stereocenters. The first-order valence-corrected chi connectivity index (χ1v) is 8.38. The Balaban J connectivity index is 2.10. The number of alkyl halides is 1. The molecule has 0 aromatic heterocycles. The summed E-state index contributed by atoms with van der Waals surface area (Å²) in [6.07, 6.45) is 0.728. The molecule has 5 nitrogen and oxygen atoms in total. The van der Waals surface area contributed by atoms with Gasteiger partial charge in [0.25, 0.3) is 0 Å². The summed E-state index contributed by atoms with van der Waals surface area (Å²) in [6.45, 7) is 0.375. The Labute approximate surface area is 122 Å². The Morgan fingerprint density at radius 1 is 1.43 bits per heavy atom. The molecule has 1 aliphatic heterocycles. The maximum absolute atomic E-state index is 13.9. The minimum atomic E-state index is -3.52. The van der Waals surface area contributed by atoms with E-state index < -0.39 is 28.6 Å². The van der Waals surface area contributed by atoms with Gasteiger partial charge in [0, 0.05) is 6.26 Å². The third-order valence-electron chi connectivity index (χ3n) is 3.03. The van der Waals surface area contributed by atoms with E-state index in [0.29, 0.717) is 19.5 Å². The van der Waals surface area contributed by atoms with Crippen molar-refractivity contribution >= 4 is 9.84 Å². The number of hydrogen-bond donors (Lipinski definition) is 1. The average Bonchev–Trinajstić information content (AvgIpc) is 2.42. The van der Waals surface area contributed by atoms with Crippen LogP contribution in [0, 0.1) is 5.82 Å². The van der Waals surface area contributed by atoms with Crippen LogP contribution in [0.4, 0.5) is 8.78 Å². The van der Waals surface area contributed by atoms with E-state index in [0.717, 1.165) is 12.3 Å². The van der Waals surface area contributed by atoms with Crippen molar-refractivity contribution in [1.29, 1.82) is 0 Å². The number of fused-ring (bicyclic) bond motifs is 1. The molecule has 1 unspecified atom stereocenters. The average molecular weight is 321 g/mol. The highest BCUT2D eigenvalue weighted by Crippen LogP contribution is 2.31. The fourth-order valence-corrected chi connectivity index (χ4v) is 2.55. The van der Waals surface area contributed by atoms with Crippen LogP contribution in [-0.2, 0) is 21.2 Å². The lowest BCUT2D eigenvalue weighted by Gasteiger charge is -2.27. The summed E-state index contributed by atoms with van der Waals surface area (Å²) in [5.74, 6) is -0.504. The number of nitrogens with one attached hydrogen (secondary N) is 1. The van der Waals surface area contributed by atoms with Crippen molar-refractivity contribution in [2.45, 2.75) is 24.2 Å². The lowest BCUT2D eigenvalue weighted by Crippen LogP contribution is -2.36. The molecule has 1 heterocycles. The largest absolute Gasteiger partial charge is 0.463 e. The summed E-state index contributed by atoms with van der Waals surface area (Å²) >= 11 is 0. The molecule has 2 rings (SSSR count). The predicted molar refractivity (Wildman–Crippen MR) is 72.2 cm³/mol. The molecule has 0 aliphatic carbocycles. The lowest BCUT2D eigenvalue weighted by molar-refractivity contribution is -0.106. The second kappa shape index (κ2) is 6.67. The zero-order valence-electron chi connectivity index (χ0n) is 11.6. The predicted octanol–water partition coefficient (Wildman–Crippen LogP) is 1.41. The molecule has 0 saturated carbocycles. The Morgan fingerprint density at radius 3 is 2.86 bits per heavy atom. The van der Waals surface area contributed by atoms with E-state index in [2.05, 4.69) is 5.32 Å². The number of halogens is 2. The Morgan fingerprint density at radius 2 is 2.19 bits per heavy atom. The van der Waals surface area contributed by atoms with Crippen molar-refractivity contribution in [2.24, 2.45) is 0 Å². The first kappa shape index (κ1) is 16.1. The van der Waals surface area contributed by atoms with Crippen molar-refractivity contribution < 1.29 is 26.7 Å². The summed E-state index contributed by atoms with van der Waals surface area (Å²) in [4.78, 5) is -0.134. The second-order valence-corrected chi connectivity index (χ2v) is 6.77. The van der Waals surface area contributed by atoms with Gasteiger partial charge in [0.15, 0.2) is 9.84 Å². The van der Waals surface area contributed by atoms with Gasteiger partial charge in [-0.15, -0.1) is 0 Å². The number of hydrogen-bond acceptors (Lipinski definition) is 5. The number of sulfone groups is 1. The Hall–Kier alpha value is -1.25. The van der Waals surface area contributed by atoms with E-state index in [1.165, 1.54) is 6.07 Å². The highest BCUT2D eigenvalue weighted by atomic mass is 32.2. The van der Waals surface area contributed by atoms with Crippen LogP contribution in [0.3, 0.4) is 0 Å². The van der Waals surface area contributed by atoms with Crippen LogP contribution >= 0.6 is 0 Å². The van der Waals surface area contributed by atoms with Crippen LogP contribution in [0.15, 0.2) is 17.0 Å². The molecule has 21 heavy (non-hydrogen) atoms. The quantitative estimate of drug-likeness (QED) is 0.803. The van der Waals surface area contributed by atoms with Crippen molar-refractivity contribution in [1.82, 2.24) is 5.32 Å². The molecule has 1 N–H and O–H groups in total. The van der Waals surface area contributed by atoms with Crippen LogP contribution in [-0.4, -0.2) is 40.7 Å². The van der Waals surface area contributed by atoms with E-state index in [-0.39, 0.29) is 22.8 Å². The molecule has 0 bridgehead atoms. The van der Waals surface area contributed by atoms with Crippen LogP contribution < -0.4 is 10.1 Å². The Bertz CT molecular complexity index is 606. The van der Waals surface area contributed by atoms with Gasteiger partial charge in [-0.1, -0.05) is 0 Å². The van der Waals surface area contributed by atoms with E-state index in [1.807, 2.05) is 0 Å². The molecule has 0 saturated heterocycles. The third-order valence-corrected chi connectivity index (χ3v) is 4.12. The van der Waals surface area contributed by atoms with Gasteiger partial charge in [-0.3, -0.25) is 4.39 Å². The van der Waals surface area contributed by atoms with E-state index in [9.17, 15) is 17.2 Å². The van der Waals surface area contributed by atoms with Gasteiger partial charge in [0.1, 0.15) is 11.6 Å². The maximum atomic E-state index is 13.9. The molecule has 1 aliphatic rings. The molecule has 0 fully saturated rings. The topological polar surface area (TPSA) is 64.6 Å². The van der Waals surface area contributed by atoms with E-state index in [4.69, 9.17) is 9.47 Å². The van der Waals surface area contributed by atoms with Gasteiger partial charge < -0.3 is 14.8 Å². The minimum Gasteiger partial charge on any atom is -0.463 e. The van der Waals surface area contributed by atoms with Gasteiger partial charge in [-0.25, -0.2) is 12.8 Å².